The molecule has 0 fully saturated rings. The highest BCUT2D eigenvalue weighted by molar-refractivity contribution is 5.96. The molecule has 8 heteroatoms. The first-order valence-electron chi connectivity index (χ1n) is 7.53. The van der Waals surface area contributed by atoms with Gasteiger partial charge in [0.15, 0.2) is 0 Å². The summed E-state index contributed by atoms with van der Waals surface area (Å²) in [5.41, 5.74) is 2.14. The molecule has 3 rings (SSSR count). The van der Waals surface area contributed by atoms with Gasteiger partial charge in [0, 0.05) is 12.7 Å². The molecule has 0 radical (unpaired) electrons. The van der Waals surface area contributed by atoms with Crippen LogP contribution in [0.5, 0.6) is 5.75 Å². The van der Waals surface area contributed by atoms with Crippen LogP contribution in [-0.2, 0) is 6.54 Å². The number of nitrogens with one attached hydrogen (secondary N) is 1. The van der Waals surface area contributed by atoms with Crippen LogP contribution in [0.25, 0.3) is 11.1 Å². The molecule has 1 amide bonds. The van der Waals surface area contributed by atoms with Gasteiger partial charge in [-0.1, -0.05) is 17.3 Å². The Kier molecular flexibility index (Phi) is 4.87. The maximum absolute atomic E-state index is 12.3. The third kappa shape index (κ3) is 4.09. The number of pyridine rings is 1. The highest BCUT2D eigenvalue weighted by Crippen LogP contribution is 2.17. The summed E-state index contributed by atoms with van der Waals surface area (Å²) in [6, 6.07) is 8.29. The minimum atomic E-state index is -2.54. The number of carbonyl (C=O) groups excluding carboxylic acids is 1. The van der Waals surface area contributed by atoms with Crippen LogP contribution in [-0.4, -0.2) is 29.1 Å². The molecule has 130 valence electrons. The monoisotopic (exact) mass is 347 g/mol. The molecule has 25 heavy (non-hydrogen) atoms. The second-order valence-corrected chi connectivity index (χ2v) is 5.38. The number of halogens is 2. The fourth-order valence-electron chi connectivity index (χ4n) is 2.26. The van der Waals surface area contributed by atoms with Gasteiger partial charge in [0.1, 0.15) is 12.4 Å². The predicted molar refractivity (Wildman–Crippen MR) is 85.7 cm³/mol. The van der Waals surface area contributed by atoms with Crippen molar-refractivity contribution in [1.29, 1.82) is 0 Å². The summed E-state index contributed by atoms with van der Waals surface area (Å²) < 4.78 is 34.3. The number of alkyl halides is 2. The Hall–Kier alpha value is -3.03. The van der Waals surface area contributed by atoms with E-state index in [2.05, 4.69) is 15.5 Å². The highest BCUT2D eigenvalue weighted by atomic mass is 19.3. The number of rotatable bonds is 6. The summed E-state index contributed by atoms with van der Waals surface area (Å²) in [5, 5.41) is 7.22. The van der Waals surface area contributed by atoms with Gasteiger partial charge in [0.05, 0.1) is 16.6 Å². The lowest BCUT2D eigenvalue weighted by molar-refractivity contribution is 0.0818. The second-order valence-electron chi connectivity index (χ2n) is 5.38. The molecule has 6 nitrogen and oxygen atoms in total. The first kappa shape index (κ1) is 16.8. The van der Waals surface area contributed by atoms with Gasteiger partial charge in [-0.15, -0.1) is 0 Å². The number of carbonyl (C=O) groups is 1. The van der Waals surface area contributed by atoms with Crippen LogP contribution >= 0.6 is 0 Å². The zero-order valence-corrected chi connectivity index (χ0v) is 13.3. The lowest BCUT2D eigenvalue weighted by Gasteiger charge is -2.09. The number of hydrogen-bond donors (Lipinski definition) is 1. The Morgan fingerprint density at radius 2 is 2.20 bits per heavy atom. The van der Waals surface area contributed by atoms with Gasteiger partial charge in [-0.2, -0.15) is 0 Å². The summed E-state index contributed by atoms with van der Waals surface area (Å²) >= 11 is 0. The molecule has 0 unspecified atom stereocenters. The molecule has 0 saturated carbocycles. The van der Waals surface area contributed by atoms with E-state index in [0.29, 0.717) is 28.1 Å². The van der Waals surface area contributed by atoms with Crippen molar-refractivity contribution in [3.05, 3.63) is 53.3 Å². The Morgan fingerprint density at radius 3 is 3.00 bits per heavy atom. The van der Waals surface area contributed by atoms with Gasteiger partial charge in [-0.3, -0.25) is 4.79 Å². The van der Waals surface area contributed by atoms with E-state index in [1.54, 1.807) is 37.3 Å². The molecule has 0 aliphatic carbocycles. The van der Waals surface area contributed by atoms with Crippen LogP contribution in [0, 0.1) is 6.92 Å². The van der Waals surface area contributed by atoms with Crippen molar-refractivity contribution in [1.82, 2.24) is 15.5 Å². The first-order chi connectivity index (χ1) is 12.0. The van der Waals surface area contributed by atoms with Gasteiger partial charge in [0.25, 0.3) is 18.0 Å². The fourth-order valence-corrected chi connectivity index (χ4v) is 2.26. The van der Waals surface area contributed by atoms with E-state index >= 15 is 0 Å². The average Bonchev–Trinajstić information content (AvgIpc) is 2.99. The number of aryl methyl sites for hydroxylation is 1. The van der Waals surface area contributed by atoms with Crippen LogP contribution in [0.3, 0.4) is 0 Å². The molecular weight excluding hydrogens is 332 g/mol. The molecule has 0 atom stereocenters. The lowest BCUT2D eigenvalue weighted by atomic mass is 10.2. The van der Waals surface area contributed by atoms with Gasteiger partial charge in [-0.25, -0.2) is 13.8 Å². The smallest absolute Gasteiger partial charge is 0.272 e. The third-order valence-corrected chi connectivity index (χ3v) is 3.50. The van der Waals surface area contributed by atoms with Gasteiger partial charge in [-0.05, 0) is 30.7 Å². The molecule has 0 saturated heterocycles. The summed E-state index contributed by atoms with van der Waals surface area (Å²) in [5.74, 6) is 0.0177. The minimum Gasteiger partial charge on any atom is -0.488 e. The van der Waals surface area contributed by atoms with Crippen molar-refractivity contribution in [3.8, 4) is 5.75 Å². The van der Waals surface area contributed by atoms with E-state index < -0.39 is 13.0 Å². The third-order valence-electron chi connectivity index (χ3n) is 3.50. The van der Waals surface area contributed by atoms with Crippen molar-refractivity contribution in [2.24, 2.45) is 0 Å². The number of hydrogen-bond acceptors (Lipinski definition) is 5. The second kappa shape index (κ2) is 7.25. The zero-order valence-electron chi connectivity index (χ0n) is 13.3. The van der Waals surface area contributed by atoms with Crippen LogP contribution in [0.15, 0.2) is 41.1 Å². The summed E-state index contributed by atoms with van der Waals surface area (Å²) in [4.78, 5) is 16.3. The van der Waals surface area contributed by atoms with Gasteiger partial charge < -0.3 is 14.6 Å². The number of aromatic nitrogens is 2. The van der Waals surface area contributed by atoms with Crippen molar-refractivity contribution in [2.45, 2.75) is 19.9 Å². The van der Waals surface area contributed by atoms with Crippen molar-refractivity contribution < 1.29 is 22.8 Å². The maximum Gasteiger partial charge on any atom is 0.272 e. The van der Waals surface area contributed by atoms with Crippen molar-refractivity contribution >= 4 is 17.0 Å². The Bertz CT molecular complexity index is 896. The van der Waals surface area contributed by atoms with E-state index in [9.17, 15) is 13.6 Å². The normalized spacial score (nSPS) is 11.0. The molecule has 3 aromatic rings. The van der Waals surface area contributed by atoms with E-state index in [-0.39, 0.29) is 12.5 Å². The van der Waals surface area contributed by atoms with Crippen molar-refractivity contribution in [2.75, 3.05) is 6.61 Å². The summed E-state index contributed by atoms with van der Waals surface area (Å²) in [6.45, 7) is 1.32. The average molecular weight is 347 g/mol. The Morgan fingerprint density at radius 1 is 1.36 bits per heavy atom. The van der Waals surface area contributed by atoms with Crippen LogP contribution in [0.1, 0.15) is 21.6 Å². The van der Waals surface area contributed by atoms with Crippen LogP contribution in [0.2, 0.25) is 0 Å². The molecule has 1 aromatic carbocycles. The molecule has 0 spiro atoms. The standard InChI is InChI=1S/C17H15F2N3O3/c1-10-14-6-12(8-21-17(14)25-22-10)16(23)20-7-11-3-2-4-13(5-11)24-9-15(18)19/h2-6,8,15H,7,9H2,1H3,(H,20,23). The lowest BCUT2D eigenvalue weighted by Crippen LogP contribution is -2.22. The molecule has 1 N–H and O–H groups in total. The molecular formula is C17H15F2N3O3. The first-order valence-corrected chi connectivity index (χ1v) is 7.53. The molecule has 2 heterocycles. The maximum atomic E-state index is 12.3. The Labute approximate surface area is 141 Å². The Balaban J connectivity index is 1.65. The number of ether oxygens (including phenoxy) is 1. The fraction of sp³-hybridized carbons (Fsp3) is 0.235. The van der Waals surface area contributed by atoms with E-state index in [1.165, 1.54) is 6.20 Å². The topological polar surface area (TPSA) is 77.2 Å². The van der Waals surface area contributed by atoms with E-state index in [1.807, 2.05) is 0 Å². The highest BCUT2D eigenvalue weighted by Gasteiger charge is 2.11. The summed E-state index contributed by atoms with van der Waals surface area (Å²) in [6.07, 6.45) is -1.13. The van der Waals surface area contributed by atoms with Gasteiger partial charge in [0.2, 0.25) is 0 Å². The SMILES string of the molecule is Cc1noc2ncc(C(=O)NCc3cccc(OCC(F)F)c3)cc12. The molecule has 0 bridgehead atoms. The predicted octanol–water partition coefficient (Wildman–Crippen LogP) is 3.11. The van der Waals surface area contributed by atoms with Gasteiger partial charge >= 0.3 is 0 Å². The van der Waals surface area contributed by atoms with E-state index in [0.717, 1.165) is 5.56 Å². The van der Waals surface area contributed by atoms with Crippen molar-refractivity contribution in [3.63, 3.8) is 0 Å². The summed E-state index contributed by atoms with van der Waals surface area (Å²) in [7, 11) is 0. The molecule has 0 aliphatic heterocycles. The number of nitrogens with zero attached hydrogens (tertiary/aromatic N) is 2. The minimum absolute atomic E-state index is 0.228. The largest absolute Gasteiger partial charge is 0.488 e. The molecule has 0 aliphatic rings. The van der Waals surface area contributed by atoms with Crippen LogP contribution < -0.4 is 10.1 Å². The zero-order chi connectivity index (χ0) is 17.8. The molecule has 2 aromatic heterocycles. The number of fused-ring (bicyclic) bond motifs is 1. The quantitative estimate of drug-likeness (QED) is 0.741. The number of benzene rings is 1. The van der Waals surface area contributed by atoms with E-state index in [4.69, 9.17) is 9.26 Å². The van der Waals surface area contributed by atoms with Crippen LogP contribution in [0.4, 0.5) is 8.78 Å². The number of amides is 1.